The van der Waals surface area contributed by atoms with Crippen molar-refractivity contribution < 1.29 is 14.3 Å². The molecule has 0 saturated heterocycles. The van der Waals surface area contributed by atoms with E-state index in [9.17, 15) is 4.79 Å². The molecular weight excluding hydrogens is 278 g/mol. The van der Waals surface area contributed by atoms with E-state index in [-0.39, 0.29) is 11.4 Å². The van der Waals surface area contributed by atoms with E-state index < -0.39 is 0 Å². The first-order valence-corrected chi connectivity index (χ1v) is 8.28. The topological polar surface area (TPSA) is 47.6 Å². The Morgan fingerprint density at radius 1 is 1.18 bits per heavy atom. The van der Waals surface area contributed by atoms with Crippen molar-refractivity contribution in [2.24, 2.45) is 5.92 Å². The van der Waals surface area contributed by atoms with Gasteiger partial charge in [-0.25, -0.2) is 0 Å². The lowest BCUT2D eigenvalue weighted by atomic mass is 9.78. The first-order valence-electron chi connectivity index (χ1n) is 8.28. The van der Waals surface area contributed by atoms with E-state index in [0.29, 0.717) is 24.5 Å². The number of amides is 1. The minimum Gasteiger partial charge on any atom is -0.490 e. The highest BCUT2D eigenvalue weighted by atomic mass is 16.5. The summed E-state index contributed by atoms with van der Waals surface area (Å²) in [7, 11) is 0. The number of carbonyl (C=O) groups excluding carboxylic acids is 1. The molecule has 1 heterocycles. The molecule has 120 valence electrons. The van der Waals surface area contributed by atoms with Gasteiger partial charge in [0.15, 0.2) is 11.5 Å². The van der Waals surface area contributed by atoms with E-state index in [0.717, 1.165) is 30.9 Å². The van der Waals surface area contributed by atoms with Gasteiger partial charge in [-0.05, 0) is 56.7 Å². The van der Waals surface area contributed by atoms with E-state index in [1.54, 1.807) is 6.07 Å². The highest BCUT2D eigenvalue weighted by Gasteiger charge is 2.31. The monoisotopic (exact) mass is 303 g/mol. The average Bonchev–Trinajstić information content (AvgIpc) is 2.75. The Morgan fingerprint density at radius 3 is 2.59 bits per heavy atom. The summed E-state index contributed by atoms with van der Waals surface area (Å²) in [6.07, 6.45) is 5.32. The Kier molecular flexibility index (Phi) is 4.27. The Hall–Kier alpha value is -1.71. The highest BCUT2D eigenvalue weighted by molar-refractivity contribution is 5.95. The van der Waals surface area contributed by atoms with Crippen LogP contribution in [0.25, 0.3) is 0 Å². The van der Waals surface area contributed by atoms with Gasteiger partial charge in [-0.1, -0.05) is 6.92 Å². The lowest BCUT2D eigenvalue weighted by Crippen LogP contribution is -2.48. The van der Waals surface area contributed by atoms with Gasteiger partial charge in [-0.15, -0.1) is 0 Å². The van der Waals surface area contributed by atoms with Crippen molar-refractivity contribution in [3.8, 4) is 11.5 Å². The maximum atomic E-state index is 12.6. The molecule has 1 aromatic rings. The summed E-state index contributed by atoms with van der Waals surface area (Å²) in [5.41, 5.74) is 0.553. The summed E-state index contributed by atoms with van der Waals surface area (Å²) in [6, 6.07) is 5.45. The Balaban J connectivity index is 1.71. The SMILES string of the molecule is CC1CCC(C)(NC(=O)c2ccc3c(c2)OCCCO3)CC1. The van der Waals surface area contributed by atoms with Gasteiger partial charge in [-0.3, -0.25) is 4.79 Å². The number of rotatable bonds is 2. The molecule has 1 fully saturated rings. The second-order valence-corrected chi connectivity index (χ2v) is 6.91. The molecule has 1 aliphatic heterocycles. The van der Waals surface area contributed by atoms with Crippen molar-refractivity contribution in [2.75, 3.05) is 13.2 Å². The molecule has 0 unspecified atom stereocenters. The van der Waals surface area contributed by atoms with Crippen molar-refractivity contribution in [3.05, 3.63) is 23.8 Å². The molecule has 1 saturated carbocycles. The number of hydrogen-bond acceptors (Lipinski definition) is 3. The maximum absolute atomic E-state index is 12.6. The predicted molar refractivity (Wildman–Crippen MR) is 85.6 cm³/mol. The first kappa shape index (κ1) is 15.2. The van der Waals surface area contributed by atoms with Crippen LogP contribution in [0.4, 0.5) is 0 Å². The first-order chi connectivity index (χ1) is 10.6. The van der Waals surface area contributed by atoms with Crippen molar-refractivity contribution in [3.63, 3.8) is 0 Å². The van der Waals surface area contributed by atoms with Crippen LogP contribution in [0.2, 0.25) is 0 Å². The summed E-state index contributed by atoms with van der Waals surface area (Å²) in [4.78, 5) is 12.6. The smallest absolute Gasteiger partial charge is 0.251 e. The van der Waals surface area contributed by atoms with Crippen LogP contribution in [-0.4, -0.2) is 24.7 Å². The quantitative estimate of drug-likeness (QED) is 0.909. The molecule has 4 heteroatoms. The highest BCUT2D eigenvalue weighted by Crippen LogP contribution is 2.33. The second-order valence-electron chi connectivity index (χ2n) is 6.91. The molecule has 0 aromatic heterocycles. The van der Waals surface area contributed by atoms with Gasteiger partial charge in [0.1, 0.15) is 0 Å². The molecule has 2 aliphatic rings. The molecule has 1 amide bonds. The van der Waals surface area contributed by atoms with Gasteiger partial charge < -0.3 is 14.8 Å². The number of nitrogens with one attached hydrogen (secondary N) is 1. The zero-order valence-electron chi connectivity index (χ0n) is 13.5. The van der Waals surface area contributed by atoms with Gasteiger partial charge in [0, 0.05) is 17.5 Å². The molecule has 1 N–H and O–H groups in total. The second kappa shape index (κ2) is 6.19. The van der Waals surface area contributed by atoms with Crippen LogP contribution in [0.3, 0.4) is 0 Å². The van der Waals surface area contributed by atoms with Crippen LogP contribution in [0.1, 0.15) is 56.3 Å². The summed E-state index contributed by atoms with van der Waals surface area (Å²) in [6.45, 7) is 5.73. The van der Waals surface area contributed by atoms with E-state index >= 15 is 0 Å². The minimum atomic E-state index is -0.0895. The Bertz CT molecular complexity index is 547. The summed E-state index contributed by atoms with van der Waals surface area (Å²) in [5.74, 6) is 2.15. The third kappa shape index (κ3) is 3.37. The molecule has 1 aliphatic carbocycles. The van der Waals surface area contributed by atoms with Crippen LogP contribution in [0.15, 0.2) is 18.2 Å². The number of fused-ring (bicyclic) bond motifs is 1. The number of carbonyl (C=O) groups is 1. The van der Waals surface area contributed by atoms with Gasteiger partial charge in [-0.2, -0.15) is 0 Å². The van der Waals surface area contributed by atoms with Crippen LogP contribution < -0.4 is 14.8 Å². The van der Waals surface area contributed by atoms with E-state index in [2.05, 4.69) is 19.2 Å². The number of ether oxygens (including phenoxy) is 2. The third-order valence-corrected chi connectivity index (χ3v) is 4.80. The van der Waals surface area contributed by atoms with Gasteiger partial charge in [0.2, 0.25) is 0 Å². The molecule has 3 rings (SSSR count). The largest absolute Gasteiger partial charge is 0.490 e. The minimum absolute atomic E-state index is 0.0206. The molecule has 22 heavy (non-hydrogen) atoms. The van der Waals surface area contributed by atoms with Gasteiger partial charge >= 0.3 is 0 Å². The van der Waals surface area contributed by atoms with Crippen LogP contribution in [0, 0.1) is 5.92 Å². The predicted octanol–water partition coefficient (Wildman–Crippen LogP) is 3.55. The standard InChI is InChI=1S/C18H25NO3/c1-13-6-8-18(2,9-7-13)19-17(20)14-4-5-15-16(12-14)22-11-3-10-21-15/h4-5,12-13H,3,6-11H2,1-2H3,(H,19,20). The summed E-state index contributed by atoms with van der Waals surface area (Å²) >= 11 is 0. The molecular formula is C18H25NO3. The van der Waals surface area contributed by atoms with Crippen molar-refractivity contribution in [1.29, 1.82) is 0 Å². The van der Waals surface area contributed by atoms with Crippen molar-refractivity contribution in [2.45, 2.75) is 51.5 Å². The van der Waals surface area contributed by atoms with E-state index in [4.69, 9.17) is 9.47 Å². The Morgan fingerprint density at radius 2 is 1.86 bits per heavy atom. The zero-order valence-corrected chi connectivity index (χ0v) is 13.5. The maximum Gasteiger partial charge on any atom is 0.251 e. The number of benzene rings is 1. The normalized spacial score (nSPS) is 27.8. The molecule has 1 aromatic carbocycles. The number of hydrogen-bond donors (Lipinski definition) is 1. The zero-order chi connectivity index (χ0) is 15.6. The Labute approximate surface area is 132 Å². The van der Waals surface area contributed by atoms with Crippen LogP contribution in [-0.2, 0) is 0 Å². The molecule has 0 radical (unpaired) electrons. The van der Waals surface area contributed by atoms with E-state index in [1.807, 2.05) is 12.1 Å². The average molecular weight is 303 g/mol. The van der Waals surface area contributed by atoms with E-state index in [1.165, 1.54) is 12.8 Å². The molecule has 4 nitrogen and oxygen atoms in total. The lowest BCUT2D eigenvalue weighted by Gasteiger charge is -2.37. The molecule has 0 atom stereocenters. The fourth-order valence-corrected chi connectivity index (χ4v) is 3.18. The van der Waals surface area contributed by atoms with Crippen molar-refractivity contribution in [1.82, 2.24) is 5.32 Å². The van der Waals surface area contributed by atoms with Gasteiger partial charge in [0.05, 0.1) is 13.2 Å². The fourth-order valence-electron chi connectivity index (χ4n) is 3.18. The van der Waals surface area contributed by atoms with Gasteiger partial charge in [0.25, 0.3) is 5.91 Å². The van der Waals surface area contributed by atoms with Crippen LogP contribution >= 0.6 is 0 Å². The molecule has 0 bridgehead atoms. The van der Waals surface area contributed by atoms with Crippen LogP contribution in [0.5, 0.6) is 11.5 Å². The third-order valence-electron chi connectivity index (χ3n) is 4.80. The lowest BCUT2D eigenvalue weighted by molar-refractivity contribution is 0.0869. The fraction of sp³-hybridized carbons (Fsp3) is 0.611. The summed E-state index contributed by atoms with van der Waals surface area (Å²) in [5, 5.41) is 3.22. The van der Waals surface area contributed by atoms with Crippen molar-refractivity contribution >= 4 is 5.91 Å². The molecule has 0 spiro atoms. The summed E-state index contributed by atoms with van der Waals surface area (Å²) < 4.78 is 11.3.